The van der Waals surface area contributed by atoms with Gasteiger partial charge in [-0.15, -0.1) is 11.3 Å². The van der Waals surface area contributed by atoms with Crippen molar-refractivity contribution >= 4 is 44.9 Å². The lowest BCUT2D eigenvalue weighted by Crippen LogP contribution is -2.20. The number of benzene rings is 3. The van der Waals surface area contributed by atoms with E-state index in [0.29, 0.717) is 12.4 Å². The van der Waals surface area contributed by atoms with Crippen LogP contribution >= 0.6 is 23.1 Å². The van der Waals surface area contributed by atoms with Gasteiger partial charge in [0.25, 0.3) is 5.91 Å². The summed E-state index contributed by atoms with van der Waals surface area (Å²) < 4.78 is 13.4. The van der Waals surface area contributed by atoms with Crippen LogP contribution in [-0.4, -0.2) is 29.9 Å². The molecule has 0 aliphatic carbocycles. The summed E-state index contributed by atoms with van der Waals surface area (Å²) in [6, 6.07) is 21.4. The average Bonchev–Trinajstić information content (AvgIpc) is 3.19. The molecular formula is C25H24N2O3S2. The van der Waals surface area contributed by atoms with Gasteiger partial charge in [-0.25, -0.2) is 4.98 Å². The number of carbonyl (C=O) groups excluding carboxylic acids is 1. The quantitative estimate of drug-likeness (QED) is 0.239. The first kappa shape index (κ1) is 22.2. The van der Waals surface area contributed by atoms with Crippen LogP contribution in [0.5, 0.6) is 11.5 Å². The molecule has 4 rings (SSSR count). The molecule has 1 heterocycles. The Hall–Kier alpha value is -3.03. The number of anilines is 1. The van der Waals surface area contributed by atoms with Gasteiger partial charge in [0.15, 0.2) is 10.9 Å². The van der Waals surface area contributed by atoms with Gasteiger partial charge in [0.2, 0.25) is 0 Å². The van der Waals surface area contributed by atoms with Gasteiger partial charge in [-0.05, 0) is 55.8 Å². The molecule has 0 spiro atoms. The number of thiazole rings is 1. The van der Waals surface area contributed by atoms with Gasteiger partial charge in [-0.1, -0.05) is 47.7 Å². The minimum atomic E-state index is -0.194. The second-order valence-electron chi connectivity index (χ2n) is 7.27. The fourth-order valence-electron chi connectivity index (χ4n) is 3.02. The van der Waals surface area contributed by atoms with Gasteiger partial charge in [0.1, 0.15) is 11.5 Å². The van der Waals surface area contributed by atoms with Gasteiger partial charge in [-0.2, -0.15) is 0 Å². The summed E-state index contributed by atoms with van der Waals surface area (Å²) in [5, 5.41) is 2.90. The van der Waals surface area contributed by atoms with E-state index in [1.165, 1.54) is 5.56 Å². The summed E-state index contributed by atoms with van der Waals surface area (Å²) in [5.74, 6) is 2.22. The minimum absolute atomic E-state index is 0.0341. The predicted molar refractivity (Wildman–Crippen MR) is 132 cm³/mol. The van der Waals surface area contributed by atoms with Crippen LogP contribution in [0.4, 0.5) is 5.69 Å². The molecule has 7 heteroatoms. The van der Waals surface area contributed by atoms with E-state index in [1.54, 1.807) is 23.1 Å². The lowest BCUT2D eigenvalue weighted by molar-refractivity contribution is -0.118. The highest BCUT2D eigenvalue weighted by molar-refractivity contribution is 8.01. The fraction of sp³-hybridized carbons (Fsp3) is 0.200. The second-order valence-corrected chi connectivity index (χ2v) is 9.65. The molecule has 1 aromatic heterocycles. The number of nitrogens with one attached hydrogen (secondary N) is 1. The van der Waals surface area contributed by atoms with Crippen molar-refractivity contribution in [1.82, 2.24) is 4.98 Å². The number of para-hydroxylation sites is 1. The lowest BCUT2D eigenvalue weighted by atomic mass is 10.2. The summed E-state index contributed by atoms with van der Waals surface area (Å²) in [6.07, 6.45) is 0. The number of thioether (sulfide) groups is 1. The lowest BCUT2D eigenvalue weighted by Gasteiger charge is -2.09. The first-order chi connectivity index (χ1) is 15.6. The summed E-state index contributed by atoms with van der Waals surface area (Å²) >= 11 is 3.28. The van der Waals surface area contributed by atoms with Crippen molar-refractivity contribution < 1.29 is 14.3 Å². The van der Waals surface area contributed by atoms with Crippen molar-refractivity contribution in [2.45, 2.75) is 18.2 Å². The minimum Gasteiger partial charge on any atom is -0.493 e. The predicted octanol–water partition coefficient (Wildman–Crippen LogP) is 6.10. The van der Waals surface area contributed by atoms with Crippen LogP contribution in [0.15, 0.2) is 71.1 Å². The van der Waals surface area contributed by atoms with Crippen molar-refractivity contribution in [3.63, 3.8) is 0 Å². The number of hydrogen-bond donors (Lipinski definition) is 1. The molecule has 164 valence electrons. The Morgan fingerprint density at radius 1 is 1.03 bits per heavy atom. The van der Waals surface area contributed by atoms with Crippen molar-refractivity contribution in [2.75, 3.05) is 24.3 Å². The second kappa shape index (κ2) is 10.5. The molecule has 4 aromatic rings. The van der Waals surface area contributed by atoms with Crippen LogP contribution in [0.3, 0.4) is 0 Å². The van der Waals surface area contributed by atoms with Crippen LogP contribution < -0.4 is 14.8 Å². The van der Waals surface area contributed by atoms with E-state index in [4.69, 9.17) is 9.47 Å². The summed E-state index contributed by atoms with van der Waals surface area (Å²) in [7, 11) is 0. The molecule has 5 nitrogen and oxygen atoms in total. The van der Waals surface area contributed by atoms with Crippen molar-refractivity contribution in [2.24, 2.45) is 0 Å². The first-order valence-electron chi connectivity index (χ1n) is 10.3. The standard InChI is InChI=1S/C25H24N2O3S2/c1-17-7-10-20(11-8-17)29-13-14-31-25-27-21-12-9-19(15-23(21)32-25)26-24(28)16-30-22-6-4-3-5-18(22)2/h3-12,15H,13-14,16H2,1-2H3,(H,26,28). The zero-order valence-electron chi connectivity index (χ0n) is 18.0. The van der Waals surface area contributed by atoms with Crippen LogP contribution in [0, 0.1) is 13.8 Å². The van der Waals surface area contributed by atoms with E-state index < -0.39 is 0 Å². The topological polar surface area (TPSA) is 60.5 Å². The third-order valence-corrected chi connectivity index (χ3v) is 6.83. The normalized spacial score (nSPS) is 10.8. The van der Waals surface area contributed by atoms with Gasteiger partial charge in [0.05, 0.1) is 16.8 Å². The van der Waals surface area contributed by atoms with Crippen molar-refractivity contribution in [1.29, 1.82) is 0 Å². The highest BCUT2D eigenvalue weighted by Gasteiger charge is 2.09. The molecule has 0 fully saturated rings. The number of carbonyl (C=O) groups is 1. The Morgan fingerprint density at radius 2 is 1.84 bits per heavy atom. The number of aromatic nitrogens is 1. The van der Waals surface area contributed by atoms with E-state index in [9.17, 15) is 4.79 Å². The first-order valence-corrected chi connectivity index (χ1v) is 12.1. The maximum Gasteiger partial charge on any atom is 0.262 e. The van der Waals surface area contributed by atoms with Crippen molar-refractivity contribution in [3.05, 3.63) is 77.9 Å². The number of hydrogen-bond acceptors (Lipinski definition) is 6. The molecule has 0 atom stereocenters. The largest absolute Gasteiger partial charge is 0.493 e. The SMILES string of the molecule is Cc1ccc(OCCSc2nc3ccc(NC(=O)COc4ccccc4C)cc3s2)cc1. The summed E-state index contributed by atoms with van der Waals surface area (Å²) in [5.41, 5.74) is 3.88. The maximum absolute atomic E-state index is 12.3. The monoisotopic (exact) mass is 464 g/mol. The molecule has 0 radical (unpaired) electrons. The average molecular weight is 465 g/mol. The Kier molecular flexibility index (Phi) is 7.29. The maximum atomic E-state index is 12.3. The summed E-state index contributed by atoms with van der Waals surface area (Å²) in [6.45, 7) is 4.59. The molecular weight excluding hydrogens is 440 g/mol. The molecule has 1 amide bonds. The molecule has 0 aliphatic rings. The van der Waals surface area contributed by atoms with E-state index in [0.717, 1.165) is 37.3 Å². The van der Waals surface area contributed by atoms with Crippen LogP contribution in [0.25, 0.3) is 10.2 Å². The molecule has 1 N–H and O–H groups in total. The smallest absolute Gasteiger partial charge is 0.262 e. The fourth-order valence-corrected chi connectivity index (χ4v) is 5.02. The molecule has 0 bridgehead atoms. The molecule has 0 saturated heterocycles. The van der Waals surface area contributed by atoms with Gasteiger partial charge in [-0.3, -0.25) is 4.79 Å². The number of ether oxygens (including phenoxy) is 2. The number of rotatable bonds is 9. The van der Waals surface area contributed by atoms with Crippen LogP contribution in [0.1, 0.15) is 11.1 Å². The number of fused-ring (bicyclic) bond motifs is 1. The number of amides is 1. The third kappa shape index (κ3) is 6.02. The van der Waals surface area contributed by atoms with Crippen LogP contribution in [0.2, 0.25) is 0 Å². The zero-order chi connectivity index (χ0) is 22.3. The van der Waals surface area contributed by atoms with Gasteiger partial charge >= 0.3 is 0 Å². The van der Waals surface area contributed by atoms with E-state index in [1.807, 2.05) is 73.7 Å². The van der Waals surface area contributed by atoms with Crippen molar-refractivity contribution in [3.8, 4) is 11.5 Å². The van der Waals surface area contributed by atoms with Gasteiger partial charge in [0, 0.05) is 11.4 Å². The van der Waals surface area contributed by atoms with Gasteiger partial charge < -0.3 is 14.8 Å². The third-order valence-electron chi connectivity index (χ3n) is 4.70. The molecule has 3 aromatic carbocycles. The van der Waals surface area contributed by atoms with E-state index in [-0.39, 0.29) is 12.5 Å². The Labute approximate surface area is 195 Å². The Bertz CT molecular complexity index is 1210. The Balaban J connectivity index is 1.28. The van der Waals surface area contributed by atoms with Crippen LogP contribution in [-0.2, 0) is 4.79 Å². The zero-order valence-corrected chi connectivity index (χ0v) is 19.6. The number of aryl methyl sites for hydroxylation is 2. The highest BCUT2D eigenvalue weighted by Crippen LogP contribution is 2.31. The van der Waals surface area contributed by atoms with E-state index in [2.05, 4.69) is 17.2 Å². The van der Waals surface area contributed by atoms with E-state index >= 15 is 0 Å². The molecule has 0 saturated carbocycles. The Morgan fingerprint density at radius 3 is 2.66 bits per heavy atom. The molecule has 0 aliphatic heterocycles. The molecule has 32 heavy (non-hydrogen) atoms. The summed E-state index contributed by atoms with van der Waals surface area (Å²) in [4.78, 5) is 16.9. The molecule has 0 unspecified atom stereocenters. The number of nitrogens with zero attached hydrogens (tertiary/aromatic N) is 1. The highest BCUT2D eigenvalue weighted by atomic mass is 32.2.